The zero-order valence-electron chi connectivity index (χ0n) is 13.1. The topological polar surface area (TPSA) is 105 Å². The number of carbonyl (C=O) groups excluding carboxylic acids is 2. The maximum absolute atomic E-state index is 12.5. The largest absolute Gasteiger partial charge is 0.467 e. The SMILES string of the molecule is CC1(c2ccco2)NC(=O)N(CC(O)COCc2ccco2)C1=O. The van der Waals surface area contributed by atoms with Crippen LogP contribution in [0.25, 0.3) is 0 Å². The van der Waals surface area contributed by atoms with Crippen LogP contribution in [-0.4, -0.2) is 41.2 Å². The normalized spacial score (nSPS) is 22.0. The summed E-state index contributed by atoms with van der Waals surface area (Å²) < 4.78 is 15.7. The van der Waals surface area contributed by atoms with Crippen molar-refractivity contribution in [3.05, 3.63) is 48.3 Å². The van der Waals surface area contributed by atoms with E-state index in [0.717, 1.165) is 4.90 Å². The van der Waals surface area contributed by atoms with Crippen molar-refractivity contribution in [2.75, 3.05) is 13.2 Å². The van der Waals surface area contributed by atoms with Gasteiger partial charge in [0, 0.05) is 0 Å². The van der Waals surface area contributed by atoms with E-state index in [1.807, 2.05) is 0 Å². The number of furan rings is 2. The van der Waals surface area contributed by atoms with E-state index in [1.165, 1.54) is 12.5 Å². The van der Waals surface area contributed by atoms with Crippen LogP contribution in [0.15, 0.2) is 45.6 Å². The molecule has 0 radical (unpaired) electrons. The van der Waals surface area contributed by atoms with Gasteiger partial charge >= 0.3 is 6.03 Å². The number of imide groups is 1. The van der Waals surface area contributed by atoms with Gasteiger partial charge in [-0.2, -0.15) is 0 Å². The van der Waals surface area contributed by atoms with E-state index in [2.05, 4.69) is 5.32 Å². The Bertz CT molecular complexity index is 696. The first-order valence-corrected chi connectivity index (χ1v) is 7.47. The van der Waals surface area contributed by atoms with Gasteiger partial charge in [-0.05, 0) is 31.2 Å². The molecule has 8 nitrogen and oxygen atoms in total. The standard InChI is InChI=1S/C16H18N2O6/c1-16(13-5-3-7-24-13)14(20)18(15(21)17-16)8-11(19)9-22-10-12-4-2-6-23-12/h2-7,11,19H,8-10H2,1H3,(H,17,21). The van der Waals surface area contributed by atoms with E-state index in [1.54, 1.807) is 31.2 Å². The summed E-state index contributed by atoms with van der Waals surface area (Å²) in [4.78, 5) is 25.6. The lowest BCUT2D eigenvalue weighted by Crippen LogP contribution is -2.42. The van der Waals surface area contributed by atoms with Crippen molar-refractivity contribution in [1.82, 2.24) is 10.2 Å². The fraction of sp³-hybridized carbons (Fsp3) is 0.375. The fourth-order valence-corrected chi connectivity index (χ4v) is 2.55. The van der Waals surface area contributed by atoms with Gasteiger partial charge in [-0.15, -0.1) is 0 Å². The smallest absolute Gasteiger partial charge is 0.325 e. The summed E-state index contributed by atoms with van der Waals surface area (Å²) in [6.45, 7) is 1.56. The number of nitrogens with one attached hydrogen (secondary N) is 1. The third-order valence-corrected chi connectivity index (χ3v) is 3.82. The molecule has 1 fully saturated rings. The summed E-state index contributed by atoms with van der Waals surface area (Å²) in [5, 5.41) is 12.6. The molecule has 1 aliphatic rings. The van der Waals surface area contributed by atoms with Crippen molar-refractivity contribution in [1.29, 1.82) is 0 Å². The summed E-state index contributed by atoms with van der Waals surface area (Å²) in [6, 6.07) is 6.16. The van der Waals surface area contributed by atoms with Crippen LogP contribution in [0.4, 0.5) is 4.79 Å². The molecular formula is C16H18N2O6. The van der Waals surface area contributed by atoms with Gasteiger partial charge in [0.2, 0.25) is 0 Å². The van der Waals surface area contributed by atoms with E-state index >= 15 is 0 Å². The third-order valence-electron chi connectivity index (χ3n) is 3.82. The molecule has 8 heteroatoms. The number of nitrogens with zero attached hydrogens (tertiary/aromatic N) is 1. The second-order valence-electron chi connectivity index (χ2n) is 5.70. The number of β-amino-alcohol motifs (C(OH)–C–C–N with tert-alkyl or cyclic N) is 1. The molecule has 2 N–H and O–H groups in total. The average molecular weight is 334 g/mol. The molecule has 0 saturated carbocycles. The molecule has 2 atom stereocenters. The number of hydrogen-bond acceptors (Lipinski definition) is 6. The van der Waals surface area contributed by atoms with Gasteiger partial charge < -0.3 is 24.0 Å². The Hall–Kier alpha value is -2.58. The van der Waals surface area contributed by atoms with Gasteiger partial charge in [-0.25, -0.2) is 4.79 Å². The van der Waals surface area contributed by atoms with Crippen molar-refractivity contribution < 1.29 is 28.3 Å². The summed E-state index contributed by atoms with van der Waals surface area (Å²) in [5.41, 5.74) is -1.27. The Labute approximate surface area is 138 Å². The van der Waals surface area contributed by atoms with E-state index in [9.17, 15) is 14.7 Å². The molecule has 0 bridgehead atoms. The van der Waals surface area contributed by atoms with Crippen molar-refractivity contribution in [2.24, 2.45) is 0 Å². The van der Waals surface area contributed by atoms with Gasteiger partial charge in [0.15, 0.2) is 5.54 Å². The highest BCUT2D eigenvalue weighted by Gasteiger charge is 2.51. The molecule has 2 aromatic heterocycles. The van der Waals surface area contributed by atoms with Crippen molar-refractivity contribution in [3.63, 3.8) is 0 Å². The van der Waals surface area contributed by atoms with Crippen LogP contribution in [0.2, 0.25) is 0 Å². The Balaban J connectivity index is 1.56. The van der Waals surface area contributed by atoms with Gasteiger partial charge in [-0.3, -0.25) is 9.69 Å². The number of hydrogen-bond donors (Lipinski definition) is 2. The minimum atomic E-state index is -1.27. The number of amides is 3. The molecular weight excluding hydrogens is 316 g/mol. The van der Waals surface area contributed by atoms with Crippen LogP contribution in [0.3, 0.4) is 0 Å². The third kappa shape index (κ3) is 3.06. The van der Waals surface area contributed by atoms with Crippen LogP contribution >= 0.6 is 0 Å². The zero-order valence-corrected chi connectivity index (χ0v) is 13.1. The lowest BCUT2D eigenvalue weighted by molar-refractivity contribution is -0.133. The van der Waals surface area contributed by atoms with Crippen LogP contribution in [0.1, 0.15) is 18.4 Å². The molecule has 3 rings (SSSR count). The lowest BCUT2D eigenvalue weighted by Gasteiger charge is -2.20. The maximum atomic E-state index is 12.5. The predicted molar refractivity (Wildman–Crippen MR) is 80.7 cm³/mol. The van der Waals surface area contributed by atoms with Gasteiger partial charge in [0.25, 0.3) is 5.91 Å². The first-order chi connectivity index (χ1) is 11.5. The molecule has 0 aliphatic carbocycles. The number of aliphatic hydroxyl groups excluding tert-OH is 1. The Morgan fingerprint density at radius 1 is 1.29 bits per heavy atom. The summed E-state index contributed by atoms with van der Waals surface area (Å²) >= 11 is 0. The van der Waals surface area contributed by atoms with Crippen LogP contribution in [0, 0.1) is 0 Å². The van der Waals surface area contributed by atoms with E-state index in [4.69, 9.17) is 13.6 Å². The van der Waals surface area contributed by atoms with Crippen molar-refractivity contribution in [3.8, 4) is 0 Å². The highest BCUT2D eigenvalue weighted by Crippen LogP contribution is 2.29. The highest BCUT2D eigenvalue weighted by molar-refractivity contribution is 6.06. The molecule has 2 unspecified atom stereocenters. The highest BCUT2D eigenvalue weighted by atomic mass is 16.5. The number of rotatable bonds is 7. The van der Waals surface area contributed by atoms with Crippen molar-refractivity contribution >= 4 is 11.9 Å². The molecule has 1 aliphatic heterocycles. The molecule has 1 saturated heterocycles. The molecule has 3 heterocycles. The number of carbonyl (C=O) groups is 2. The second-order valence-corrected chi connectivity index (χ2v) is 5.70. The van der Waals surface area contributed by atoms with E-state index < -0.39 is 23.6 Å². The van der Waals surface area contributed by atoms with Crippen LogP contribution < -0.4 is 5.32 Å². The van der Waals surface area contributed by atoms with Crippen LogP contribution in [0.5, 0.6) is 0 Å². The molecule has 0 aromatic carbocycles. The number of urea groups is 1. The maximum Gasteiger partial charge on any atom is 0.325 e. The summed E-state index contributed by atoms with van der Waals surface area (Å²) in [7, 11) is 0. The molecule has 128 valence electrons. The fourth-order valence-electron chi connectivity index (χ4n) is 2.55. The quantitative estimate of drug-likeness (QED) is 0.738. The van der Waals surface area contributed by atoms with Crippen molar-refractivity contribution in [2.45, 2.75) is 25.2 Å². The summed E-state index contributed by atoms with van der Waals surface area (Å²) in [6.07, 6.45) is 1.95. The minimum Gasteiger partial charge on any atom is -0.467 e. The molecule has 24 heavy (non-hydrogen) atoms. The predicted octanol–water partition coefficient (Wildman–Crippen LogP) is 1.22. The average Bonchev–Trinajstić information content (AvgIpc) is 3.27. The Morgan fingerprint density at radius 3 is 2.71 bits per heavy atom. The van der Waals surface area contributed by atoms with E-state index in [-0.39, 0.29) is 19.8 Å². The van der Waals surface area contributed by atoms with Gasteiger partial charge in [0.05, 0.1) is 31.8 Å². The molecule has 3 amide bonds. The van der Waals surface area contributed by atoms with Gasteiger partial charge in [-0.1, -0.05) is 0 Å². The Morgan fingerprint density at radius 2 is 2.04 bits per heavy atom. The minimum absolute atomic E-state index is 0.0325. The molecule has 2 aromatic rings. The lowest BCUT2D eigenvalue weighted by atomic mass is 9.99. The first kappa shape index (κ1) is 16.3. The first-order valence-electron chi connectivity index (χ1n) is 7.47. The zero-order chi connectivity index (χ0) is 17.2. The van der Waals surface area contributed by atoms with Gasteiger partial charge in [0.1, 0.15) is 18.1 Å². The molecule has 0 spiro atoms. The van der Waals surface area contributed by atoms with E-state index in [0.29, 0.717) is 11.5 Å². The monoisotopic (exact) mass is 334 g/mol. The Kier molecular flexibility index (Phi) is 4.41. The number of ether oxygens (including phenoxy) is 1. The summed E-state index contributed by atoms with van der Waals surface area (Å²) in [5.74, 6) is 0.488. The second kappa shape index (κ2) is 6.50. The number of aliphatic hydroxyl groups is 1. The van der Waals surface area contributed by atoms with Crippen LogP contribution in [-0.2, 0) is 21.7 Å².